The van der Waals surface area contributed by atoms with E-state index in [2.05, 4.69) is 5.32 Å². The molecule has 3 rings (SSSR count). The number of benzene rings is 3. The Morgan fingerprint density at radius 1 is 1.00 bits per heavy atom. The van der Waals surface area contributed by atoms with Crippen LogP contribution in [0.25, 0.3) is 0 Å². The van der Waals surface area contributed by atoms with Crippen LogP contribution in [0.3, 0.4) is 0 Å². The summed E-state index contributed by atoms with van der Waals surface area (Å²) in [4.78, 5) is 12.4. The zero-order chi connectivity index (χ0) is 21.0. The Balaban J connectivity index is 1.81. The number of sulfonamides is 1. The molecule has 3 aromatic carbocycles. The predicted molar refractivity (Wildman–Crippen MR) is 113 cm³/mol. The van der Waals surface area contributed by atoms with Crippen LogP contribution in [-0.2, 0) is 16.6 Å². The minimum Gasteiger partial charge on any atom is -0.322 e. The third-order valence-electron chi connectivity index (χ3n) is 4.19. The molecule has 8 heteroatoms. The molecular formula is C21H18ClFN2O3S. The van der Waals surface area contributed by atoms with Crippen LogP contribution in [0.4, 0.5) is 15.8 Å². The van der Waals surface area contributed by atoms with E-state index in [9.17, 15) is 17.6 Å². The van der Waals surface area contributed by atoms with E-state index in [4.69, 9.17) is 11.6 Å². The number of amides is 1. The second-order valence-corrected chi connectivity index (χ2v) is 8.68. The molecule has 0 unspecified atom stereocenters. The van der Waals surface area contributed by atoms with Gasteiger partial charge in [-0.3, -0.25) is 9.10 Å². The minimum absolute atomic E-state index is 0.0691. The maximum atomic E-state index is 13.0. The summed E-state index contributed by atoms with van der Waals surface area (Å²) in [5.41, 5.74) is 1.87. The van der Waals surface area contributed by atoms with Crippen LogP contribution >= 0.6 is 11.6 Å². The van der Waals surface area contributed by atoms with Crippen LogP contribution in [0, 0.1) is 5.82 Å². The summed E-state index contributed by atoms with van der Waals surface area (Å²) in [7, 11) is -3.58. The van der Waals surface area contributed by atoms with Gasteiger partial charge in [-0.1, -0.05) is 29.8 Å². The lowest BCUT2D eigenvalue weighted by atomic mass is 10.1. The molecule has 0 bridgehead atoms. The van der Waals surface area contributed by atoms with E-state index in [1.807, 2.05) is 0 Å². The molecule has 0 spiro atoms. The molecule has 0 saturated heterocycles. The van der Waals surface area contributed by atoms with Crippen molar-refractivity contribution in [3.05, 3.63) is 94.8 Å². The van der Waals surface area contributed by atoms with E-state index in [1.54, 1.807) is 36.4 Å². The first-order valence-corrected chi connectivity index (χ1v) is 10.8. The van der Waals surface area contributed by atoms with Crippen molar-refractivity contribution < 1.29 is 17.6 Å². The van der Waals surface area contributed by atoms with Gasteiger partial charge in [-0.25, -0.2) is 12.8 Å². The fraction of sp³-hybridized carbons (Fsp3) is 0.0952. The van der Waals surface area contributed by atoms with Crippen molar-refractivity contribution in [1.82, 2.24) is 0 Å². The zero-order valence-electron chi connectivity index (χ0n) is 15.5. The SMILES string of the molecule is CS(=O)(=O)N(Cc1ccccc1Cl)c1ccc(C(=O)Nc2ccc(F)cc2)cc1. The molecule has 1 N–H and O–H groups in total. The number of carbonyl (C=O) groups is 1. The van der Waals surface area contributed by atoms with Crippen LogP contribution in [0.5, 0.6) is 0 Å². The molecule has 0 radical (unpaired) electrons. The lowest BCUT2D eigenvalue weighted by Gasteiger charge is -2.23. The van der Waals surface area contributed by atoms with Crippen LogP contribution in [0.2, 0.25) is 5.02 Å². The molecule has 1 amide bonds. The normalized spacial score (nSPS) is 11.1. The van der Waals surface area contributed by atoms with Gasteiger partial charge in [-0.2, -0.15) is 0 Å². The van der Waals surface area contributed by atoms with Gasteiger partial charge in [0.25, 0.3) is 5.91 Å². The Kier molecular flexibility index (Phi) is 6.20. The Morgan fingerprint density at radius 2 is 1.62 bits per heavy atom. The monoisotopic (exact) mass is 432 g/mol. The Hall–Kier alpha value is -2.90. The third-order valence-corrected chi connectivity index (χ3v) is 5.70. The third kappa shape index (κ3) is 5.34. The highest BCUT2D eigenvalue weighted by atomic mass is 35.5. The summed E-state index contributed by atoms with van der Waals surface area (Å²) in [6.07, 6.45) is 1.11. The van der Waals surface area contributed by atoms with Crippen molar-refractivity contribution >= 4 is 38.9 Å². The summed E-state index contributed by atoms with van der Waals surface area (Å²) in [6, 6.07) is 18.6. The molecule has 29 heavy (non-hydrogen) atoms. The summed E-state index contributed by atoms with van der Waals surface area (Å²) >= 11 is 6.16. The molecule has 0 aliphatic heterocycles. The average molecular weight is 433 g/mol. The maximum absolute atomic E-state index is 13.0. The molecule has 5 nitrogen and oxygen atoms in total. The lowest BCUT2D eigenvalue weighted by Crippen LogP contribution is -2.29. The van der Waals surface area contributed by atoms with Gasteiger partial charge in [0.2, 0.25) is 10.0 Å². The van der Waals surface area contributed by atoms with Gasteiger partial charge in [0.05, 0.1) is 18.5 Å². The van der Waals surface area contributed by atoms with Gasteiger partial charge in [0, 0.05) is 16.3 Å². The van der Waals surface area contributed by atoms with Crippen molar-refractivity contribution in [2.75, 3.05) is 15.9 Å². The van der Waals surface area contributed by atoms with E-state index in [1.165, 1.54) is 40.7 Å². The molecule has 0 atom stereocenters. The highest BCUT2D eigenvalue weighted by molar-refractivity contribution is 7.92. The molecule has 0 fully saturated rings. The Morgan fingerprint density at radius 3 is 2.21 bits per heavy atom. The van der Waals surface area contributed by atoms with Crippen LogP contribution in [0.1, 0.15) is 15.9 Å². The topological polar surface area (TPSA) is 66.5 Å². The molecule has 0 aliphatic carbocycles. The number of carbonyl (C=O) groups excluding carboxylic acids is 1. The van der Waals surface area contributed by atoms with Gasteiger partial charge in [0.1, 0.15) is 5.82 Å². The van der Waals surface area contributed by atoms with Crippen molar-refractivity contribution in [2.45, 2.75) is 6.54 Å². The highest BCUT2D eigenvalue weighted by Gasteiger charge is 2.19. The van der Waals surface area contributed by atoms with Crippen molar-refractivity contribution in [1.29, 1.82) is 0 Å². The van der Waals surface area contributed by atoms with E-state index in [0.717, 1.165) is 6.26 Å². The number of hydrogen-bond acceptors (Lipinski definition) is 3. The fourth-order valence-electron chi connectivity index (χ4n) is 2.70. The molecule has 0 aromatic heterocycles. The van der Waals surface area contributed by atoms with E-state index in [0.29, 0.717) is 27.5 Å². The molecule has 0 aliphatic rings. The van der Waals surface area contributed by atoms with Crippen LogP contribution in [-0.4, -0.2) is 20.6 Å². The first kappa shape index (κ1) is 20.8. The van der Waals surface area contributed by atoms with Crippen LogP contribution in [0.15, 0.2) is 72.8 Å². The number of nitrogens with one attached hydrogen (secondary N) is 1. The standard InChI is InChI=1S/C21H18ClFN2O3S/c1-29(27,28)25(14-16-4-2-3-5-20(16)22)19-12-6-15(7-13-19)21(26)24-18-10-8-17(23)9-11-18/h2-13H,14H2,1H3,(H,24,26). The Bertz CT molecular complexity index is 1120. The second-order valence-electron chi connectivity index (χ2n) is 6.37. The quantitative estimate of drug-likeness (QED) is 0.614. The van der Waals surface area contributed by atoms with Gasteiger partial charge in [-0.15, -0.1) is 0 Å². The highest BCUT2D eigenvalue weighted by Crippen LogP contribution is 2.24. The zero-order valence-corrected chi connectivity index (χ0v) is 17.0. The average Bonchev–Trinajstić information content (AvgIpc) is 2.68. The number of anilines is 2. The van der Waals surface area contributed by atoms with E-state index >= 15 is 0 Å². The van der Waals surface area contributed by atoms with Crippen molar-refractivity contribution in [2.24, 2.45) is 0 Å². The molecule has 150 valence electrons. The molecule has 0 saturated carbocycles. The summed E-state index contributed by atoms with van der Waals surface area (Å²) in [6.45, 7) is 0.0691. The number of hydrogen-bond donors (Lipinski definition) is 1. The van der Waals surface area contributed by atoms with Gasteiger partial charge >= 0.3 is 0 Å². The number of rotatable bonds is 6. The number of nitrogens with zero attached hydrogens (tertiary/aromatic N) is 1. The molecule has 0 heterocycles. The van der Waals surface area contributed by atoms with Crippen molar-refractivity contribution in [3.8, 4) is 0 Å². The number of halogens is 2. The molecule has 3 aromatic rings. The second kappa shape index (κ2) is 8.63. The summed E-state index contributed by atoms with van der Waals surface area (Å²) in [5.74, 6) is -0.785. The lowest BCUT2D eigenvalue weighted by molar-refractivity contribution is 0.102. The van der Waals surface area contributed by atoms with Crippen molar-refractivity contribution in [3.63, 3.8) is 0 Å². The van der Waals surface area contributed by atoms with Gasteiger partial charge in [0.15, 0.2) is 0 Å². The van der Waals surface area contributed by atoms with E-state index in [-0.39, 0.29) is 12.5 Å². The maximum Gasteiger partial charge on any atom is 0.255 e. The first-order valence-electron chi connectivity index (χ1n) is 8.62. The van der Waals surface area contributed by atoms with Crippen LogP contribution < -0.4 is 9.62 Å². The smallest absolute Gasteiger partial charge is 0.255 e. The Labute approximate surface area is 173 Å². The fourth-order valence-corrected chi connectivity index (χ4v) is 3.77. The van der Waals surface area contributed by atoms with Gasteiger partial charge in [-0.05, 0) is 60.2 Å². The van der Waals surface area contributed by atoms with E-state index < -0.39 is 15.8 Å². The minimum atomic E-state index is -3.58. The van der Waals surface area contributed by atoms with Gasteiger partial charge < -0.3 is 5.32 Å². The first-order chi connectivity index (χ1) is 13.7. The molecular weight excluding hydrogens is 415 g/mol. The largest absolute Gasteiger partial charge is 0.322 e. The summed E-state index contributed by atoms with van der Waals surface area (Å²) < 4.78 is 38.8. The predicted octanol–water partition coefficient (Wildman–Crippen LogP) is 4.70. The summed E-state index contributed by atoms with van der Waals surface area (Å²) in [5, 5.41) is 3.13.